The molecule has 0 amide bonds. The maximum absolute atomic E-state index is 14.1. The molecule has 0 bridgehead atoms. The number of ether oxygens (including phenoxy) is 1. The van der Waals surface area contributed by atoms with Crippen LogP contribution in [0.1, 0.15) is 31.3 Å². The second kappa shape index (κ2) is 9.36. The Morgan fingerprint density at radius 3 is 2.71 bits per heavy atom. The molecule has 1 aliphatic rings. The van der Waals surface area contributed by atoms with Gasteiger partial charge in [-0.1, -0.05) is 23.4 Å². The minimum Gasteiger partial charge on any atom is -0.494 e. The van der Waals surface area contributed by atoms with Crippen LogP contribution in [0.3, 0.4) is 0 Å². The smallest absolute Gasteiger partial charge is 0.258 e. The molecule has 2 aromatic carbocycles. The quantitative estimate of drug-likeness (QED) is 0.321. The average Bonchev–Trinajstić information content (AvgIpc) is 3.52. The number of halogens is 1. The third kappa shape index (κ3) is 4.20. The largest absolute Gasteiger partial charge is 0.494 e. The first-order valence-corrected chi connectivity index (χ1v) is 12.0. The van der Waals surface area contributed by atoms with Crippen LogP contribution in [0.5, 0.6) is 5.75 Å². The van der Waals surface area contributed by atoms with E-state index in [0.29, 0.717) is 29.0 Å². The van der Waals surface area contributed by atoms with E-state index in [2.05, 4.69) is 15.5 Å². The fourth-order valence-corrected chi connectivity index (χ4v) is 4.97. The van der Waals surface area contributed by atoms with Crippen LogP contribution in [-0.4, -0.2) is 21.9 Å². The van der Waals surface area contributed by atoms with Crippen LogP contribution in [0.25, 0.3) is 16.3 Å². The molecule has 1 atom stereocenters. The van der Waals surface area contributed by atoms with Crippen molar-refractivity contribution in [2.24, 2.45) is 0 Å². The minimum atomic E-state index is -0.459. The number of hydrogen-bond donors (Lipinski definition) is 1. The van der Waals surface area contributed by atoms with Crippen molar-refractivity contribution in [3.8, 4) is 16.5 Å². The number of aromatic nitrogens is 2. The van der Waals surface area contributed by atoms with Crippen LogP contribution in [0, 0.1) is 5.82 Å². The van der Waals surface area contributed by atoms with E-state index in [4.69, 9.17) is 21.5 Å². The van der Waals surface area contributed by atoms with Crippen molar-refractivity contribution >= 4 is 39.9 Å². The van der Waals surface area contributed by atoms with Gasteiger partial charge < -0.3 is 14.6 Å². The summed E-state index contributed by atoms with van der Waals surface area (Å²) in [7, 11) is 0. The van der Waals surface area contributed by atoms with Crippen LogP contribution in [0.4, 0.5) is 10.1 Å². The molecule has 1 unspecified atom stereocenters. The molecule has 0 radical (unpaired) electrons. The summed E-state index contributed by atoms with van der Waals surface area (Å²) in [5.74, 6) is 1.30. The van der Waals surface area contributed by atoms with E-state index in [1.807, 2.05) is 66.6 Å². The van der Waals surface area contributed by atoms with Gasteiger partial charge in [-0.25, -0.2) is 4.39 Å². The predicted molar refractivity (Wildman–Crippen MR) is 135 cm³/mol. The molecule has 0 saturated carbocycles. The summed E-state index contributed by atoms with van der Waals surface area (Å²) >= 11 is 7.27. The SMILES string of the molecule is CCOc1ccc(N2C(=S)NC(c3cccc(F)c3)C(c3nc(-c4cccs4)no3)=C2C)cc1. The number of nitrogens with one attached hydrogen (secondary N) is 1. The van der Waals surface area contributed by atoms with E-state index < -0.39 is 6.04 Å². The minimum absolute atomic E-state index is 0.332. The van der Waals surface area contributed by atoms with Gasteiger partial charge in [0.25, 0.3) is 5.89 Å². The Bertz CT molecular complexity index is 1350. The molecule has 0 fully saturated rings. The number of anilines is 1. The van der Waals surface area contributed by atoms with Crippen molar-refractivity contribution in [2.75, 3.05) is 11.5 Å². The van der Waals surface area contributed by atoms with E-state index in [1.54, 1.807) is 6.07 Å². The highest BCUT2D eigenvalue weighted by Gasteiger charge is 2.35. The molecule has 172 valence electrons. The Hall–Kier alpha value is -3.56. The van der Waals surface area contributed by atoms with Crippen molar-refractivity contribution in [3.05, 3.63) is 89.0 Å². The van der Waals surface area contributed by atoms with E-state index in [9.17, 15) is 4.39 Å². The summed E-state index contributed by atoms with van der Waals surface area (Å²) in [5.41, 5.74) is 3.09. The monoisotopic (exact) mass is 492 g/mol. The molecule has 0 spiro atoms. The maximum Gasteiger partial charge on any atom is 0.258 e. The van der Waals surface area contributed by atoms with E-state index in [1.165, 1.54) is 23.5 Å². The van der Waals surface area contributed by atoms with Crippen LogP contribution >= 0.6 is 23.6 Å². The molecule has 5 rings (SSSR count). The topological polar surface area (TPSA) is 63.4 Å². The van der Waals surface area contributed by atoms with Crippen LogP contribution < -0.4 is 15.0 Å². The Kier molecular flexibility index (Phi) is 6.12. The molecule has 2 aromatic heterocycles. The highest BCUT2D eigenvalue weighted by Crippen LogP contribution is 2.39. The van der Waals surface area contributed by atoms with Gasteiger partial charge in [-0.2, -0.15) is 4.98 Å². The lowest BCUT2D eigenvalue weighted by Crippen LogP contribution is -2.46. The molecule has 4 aromatic rings. The Labute approximate surface area is 205 Å². The molecular weight excluding hydrogens is 471 g/mol. The van der Waals surface area contributed by atoms with Crippen molar-refractivity contribution < 1.29 is 13.7 Å². The number of hydrogen-bond acceptors (Lipinski definition) is 6. The highest BCUT2D eigenvalue weighted by molar-refractivity contribution is 7.80. The molecule has 1 N–H and O–H groups in total. The Morgan fingerprint density at radius 1 is 1.18 bits per heavy atom. The third-order valence-corrected chi connectivity index (χ3v) is 6.64. The standard InChI is InChI=1S/C25H21FN4O2S2/c1-3-31-19-11-9-18(10-12-19)30-15(2)21(24-28-23(29-32-24)20-8-5-13-34-20)22(27-25(30)33)16-6-4-7-17(26)14-16/h4-14,22H,3H2,1-2H3,(H,27,33). The summed E-state index contributed by atoms with van der Waals surface area (Å²) in [5, 5.41) is 9.97. The third-order valence-electron chi connectivity index (χ3n) is 5.47. The first kappa shape index (κ1) is 22.2. The highest BCUT2D eigenvalue weighted by atomic mass is 32.1. The molecule has 34 heavy (non-hydrogen) atoms. The summed E-state index contributed by atoms with van der Waals surface area (Å²) in [6.07, 6.45) is 0. The lowest BCUT2D eigenvalue weighted by Gasteiger charge is -2.37. The van der Waals surface area contributed by atoms with Crippen LogP contribution in [0.2, 0.25) is 0 Å². The molecule has 3 heterocycles. The zero-order chi connectivity index (χ0) is 23.7. The van der Waals surface area contributed by atoms with Crippen molar-refractivity contribution in [2.45, 2.75) is 19.9 Å². The molecule has 1 aliphatic heterocycles. The van der Waals surface area contributed by atoms with Crippen molar-refractivity contribution in [3.63, 3.8) is 0 Å². The first-order valence-electron chi connectivity index (χ1n) is 10.7. The van der Waals surface area contributed by atoms with Crippen LogP contribution in [0.15, 0.2) is 76.3 Å². The lowest BCUT2D eigenvalue weighted by atomic mass is 9.94. The van der Waals surface area contributed by atoms with Crippen molar-refractivity contribution in [1.29, 1.82) is 0 Å². The fourth-order valence-electron chi connectivity index (χ4n) is 3.96. The zero-order valence-electron chi connectivity index (χ0n) is 18.5. The number of rotatable bonds is 6. The normalized spacial score (nSPS) is 16.0. The predicted octanol–water partition coefficient (Wildman–Crippen LogP) is 6.20. The molecular formula is C25H21FN4O2S2. The molecule has 0 saturated heterocycles. The van der Waals surface area contributed by atoms with Gasteiger partial charge in [-0.15, -0.1) is 11.3 Å². The summed E-state index contributed by atoms with van der Waals surface area (Å²) in [4.78, 5) is 7.48. The van der Waals surface area contributed by atoms with Crippen molar-refractivity contribution in [1.82, 2.24) is 15.5 Å². The van der Waals surface area contributed by atoms with Gasteiger partial charge in [0, 0.05) is 11.4 Å². The second-order valence-electron chi connectivity index (χ2n) is 7.60. The summed E-state index contributed by atoms with van der Waals surface area (Å²) < 4.78 is 25.4. The maximum atomic E-state index is 14.1. The van der Waals surface area contributed by atoms with Gasteiger partial charge in [0.15, 0.2) is 5.11 Å². The number of thiophene rings is 1. The number of nitrogens with zero attached hydrogens (tertiary/aromatic N) is 3. The number of benzene rings is 2. The average molecular weight is 493 g/mol. The van der Waals surface area contributed by atoms with E-state index >= 15 is 0 Å². The van der Waals surface area contributed by atoms with Gasteiger partial charge in [-0.3, -0.25) is 4.90 Å². The molecule has 0 aliphatic carbocycles. The Balaban J connectivity index is 1.63. The number of thiocarbonyl (C=S) groups is 1. The summed E-state index contributed by atoms with van der Waals surface area (Å²) in [6.45, 7) is 4.48. The zero-order valence-corrected chi connectivity index (χ0v) is 20.1. The first-order chi connectivity index (χ1) is 16.5. The lowest BCUT2D eigenvalue weighted by molar-refractivity contribution is 0.340. The fraction of sp³-hybridized carbons (Fsp3) is 0.160. The van der Waals surface area contributed by atoms with E-state index in [0.717, 1.165) is 27.6 Å². The Morgan fingerprint density at radius 2 is 2.00 bits per heavy atom. The van der Waals surface area contributed by atoms with Gasteiger partial charge in [0.2, 0.25) is 5.82 Å². The van der Waals surface area contributed by atoms with Gasteiger partial charge in [0.1, 0.15) is 11.6 Å². The van der Waals surface area contributed by atoms with Gasteiger partial charge >= 0.3 is 0 Å². The molecule has 9 heteroatoms. The van der Waals surface area contributed by atoms with E-state index in [-0.39, 0.29) is 5.82 Å². The van der Waals surface area contributed by atoms with Gasteiger partial charge in [0.05, 0.1) is 23.1 Å². The van der Waals surface area contributed by atoms with Gasteiger partial charge in [-0.05, 0) is 79.5 Å². The number of allylic oxidation sites excluding steroid dienone is 1. The second-order valence-corrected chi connectivity index (χ2v) is 8.93. The van der Waals surface area contributed by atoms with Crippen LogP contribution in [-0.2, 0) is 0 Å². The summed E-state index contributed by atoms with van der Waals surface area (Å²) in [6, 6.07) is 17.5. The molecule has 6 nitrogen and oxygen atoms in total.